The predicted octanol–water partition coefficient (Wildman–Crippen LogP) is 3.47. The van der Waals surface area contributed by atoms with Gasteiger partial charge < -0.3 is 5.32 Å². The van der Waals surface area contributed by atoms with Gasteiger partial charge in [-0.2, -0.15) is 0 Å². The molecule has 1 heterocycles. The van der Waals surface area contributed by atoms with E-state index in [0.29, 0.717) is 10.1 Å². The van der Waals surface area contributed by atoms with Crippen molar-refractivity contribution in [1.82, 2.24) is 15.5 Å². The van der Waals surface area contributed by atoms with Crippen molar-refractivity contribution in [2.75, 3.05) is 5.32 Å². The fourth-order valence-electron chi connectivity index (χ4n) is 2.19. The molecule has 1 aromatic carbocycles. The van der Waals surface area contributed by atoms with Crippen molar-refractivity contribution in [2.24, 2.45) is 11.8 Å². The molecule has 0 saturated heterocycles. The molecule has 6 nitrogen and oxygen atoms in total. The number of carbonyl (C=O) groups excluding carboxylic acids is 2. The Labute approximate surface area is 156 Å². The number of amides is 2. The Hall–Kier alpha value is -2.35. The maximum atomic E-state index is 13.0. The molecule has 0 bridgehead atoms. The lowest BCUT2D eigenvalue weighted by Gasteiger charge is -2.23. The van der Waals surface area contributed by atoms with Crippen LogP contribution in [0.3, 0.4) is 0 Å². The van der Waals surface area contributed by atoms with Gasteiger partial charge in [-0.15, -0.1) is 10.2 Å². The summed E-state index contributed by atoms with van der Waals surface area (Å²) >= 11 is 1.19. The van der Waals surface area contributed by atoms with Crippen LogP contribution in [-0.2, 0) is 9.59 Å². The number of carbonyl (C=O) groups is 2. The molecule has 0 fully saturated rings. The molecule has 0 saturated carbocycles. The fourth-order valence-corrected chi connectivity index (χ4v) is 2.94. The first-order valence-electron chi connectivity index (χ1n) is 8.52. The highest BCUT2D eigenvalue weighted by Gasteiger charge is 2.27. The molecular formula is C18H23FN4O2S. The number of aromatic nitrogens is 2. The summed E-state index contributed by atoms with van der Waals surface area (Å²) in [4.78, 5) is 24.6. The van der Waals surface area contributed by atoms with Crippen LogP contribution in [0.2, 0.25) is 0 Å². The van der Waals surface area contributed by atoms with E-state index < -0.39 is 6.04 Å². The monoisotopic (exact) mass is 378 g/mol. The van der Waals surface area contributed by atoms with Gasteiger partial charge in [0.25, 0.3) is 0 Å². The van der Waals surface area contributed by atoms with Gasteiger partial charge in [-0.25, -0.2) is 4.39 Å². The van der Waals surface area contributed by atoms with Gasteiger partial charge in [0.1, 0.15) is 16.9 Å². The Bertz CT molecular complexity index is 761. The molecule has 2 amide bonds. The van der Waals surface area contributed by atoms with Gasteiger partial charge in [0.2, 0.25) is 16.9 Å². The summed E-state index contributed by atoms with van der Waals surface area (Å²) in [6.45, 7) is 7.43. The van der Waals surface area contributed by atoms with Crippen molar-refractivity contribution < 1.29 is 14.0 Å². The molecule has 2 N–H and O–H groups in total. The molecule has 140 valence electrons. The van der Waals surface area contributed by atoms with Crippen molar-refractivity contribution in [1.29, 1.82) is 0 Å². The number of nitrogens with zero attached hydrogens (tertiary/aromatic N) is 2. The van der Waals surface area contributed by atoms with Gasteiger partial charge in [0, 0.05) is 11.5 Å². The van der Waals surface area contributed by atoms with Gasteiger partial charge >= 0.3 is 0 Å². The normalized spacial score (nSPS) is 13.3. The van der Waals surface area contributed by atoms with Crippen molar-refractivity contribution in [2.45, 2.75) is 40.2 Å². The molecule has 1 aromatic heterocycles. The number of rotatable bonds is 7. The van der Waals surface area contributed by atoms with E-state index in [1.165, 1.54) is 23.5 Å². The quantitative estimate of drug-likeness (QED) is 0.773. The van der Waals surface area contributed by atoms with Gasteiger partial charge in [0.15, 0.2) is 0 Å². The number of benzene rings is 1. The molecule has 8 heteroatoms. The van der Waals surface area contributed by atoms with E-state index in [-0.39, 0.29) is 29.5 Å². The lowest BCUT2D eigenvalue weighted by Crippen LogP contribution is -2.48. The second kappa shape index (κ2) is 8.84. The topological polar surface area (TPSA) is 84.0 Å². The summed E-state index contributed by atoms with van der Waals surface area (Å²) in [5, 5.41) is 14.4. The van der Waals surface area contributed by atoms with E-state index >= 15 is 0 Å². The lowest BCUT2D eigenvalue weighted by atomic mass is 9.97. The van der Waals surface area contributed by atoms with Crippen LogP contribution in [0.25, 0.3) is 10.6 Å². The van der Waals surface area contributed by atoms with E-state index in [1.807, 2.05) is 13.8 Å². The Morgan fingerprint density at radius 3 is 2.35 bits per heavy atom. The third-order valence-electron chi connectivity index (χ3n) is 4.06. The van der Waals surface area contributed by atoms with E-state index in [1.54, 1.807) is 26.0 Å². The Morgan fingerprint density at radius 2 is 1.77 bits per heavy atom. The smallest absolute Gasteiger partial charge is 0.249 e. The second-order valence-corrected chi connectivity index (χ2v) is 7.41. The minimum Gasteiger partial charge on any atom is -0.344 e. The van der Waals surface area contributed by atoms with Crippen LogP contribution >= 0.6 is 11.3 Å². The molecule has 0 spiro atoms. The molecule has 0 aliphatic rings. The first kappa shape index (κ1) is 20.0. The Balaban J connectivity index is 2.11. The van der Waals surface area contributed by atoms with Crippen LogP contribution in [0.5, 0.6) is 0 Å². The molecule has 0 radical (unpaired) electrons. The number of anilines is 1. The molecule has 0 unspecified atom stereocenters. The molecule has 0 aliphatic heterocycles. The average molecular weight is 378 g/mol. The van der Waals surface area contributed by atoms with Crippen molar-refractivity contribution in [3.05, 3.63) is 30.1 Å². The highest BCUT2D eigenvalue weighted by Crippen LogP contribution is 2.26. The summed E-state index contributed by atoms with van der Waals surface area (Å²) in [7, 11) is 0. The third-order valence-corrected chi connectivity index (χ3v) is 4.95. The maximum Gasteiger partial charge on any atom is 0.249 e. The summed E-state index contributed by atoms with van der Waals surface area (Å²) < 4.78 is 13.0. The zero-order chi connectivity index (χ0) is 19.3. The number of hydrogen-bond acceptors (Lipinski definition) is 5. The third kappa shape index (κ3) is 5.08. The zero-order valence-corrected chi connectivity index (χ0v) is 16.1. The second-order valence-electron chi connectivity index (χ2n) is 6.44. The van der Waals surface area contributed by atoms with Crippen LogP contribution in [-0.4, -0.2) is 28.1 Å². The lowest BCUT2D eigenvalue weighted by molar-refractivity contribution is -0.129. The Morgan fingerprint density at radius 1 is 1.12 bits per heavy atom. The summed E-state index contributed by atoms with van der Waals surface area (Å²) in [5.41, 5.74) is 0.719. The van der Waals surface area contributed by atoms with Crippen LogP contribution < -0.4 is 10.6 Å². The van der Waals surface area contributed by atoms with Crippen molar-refractivity contribution in [3.8, 4) is 10.6 Å². The molecule has 26 heavy (non-hydrogen) atoms. The van der Waals surface area contributed by atoms with E-state index in [0.717, 1.165) is 12.0 Å². The molecular weight excluding hydrogens is 355 g/mol. The largest absolute Gasteiger partial charge is 0.344 e. The number of hydrogen-bond donors (Lipinski definition) is 2. The first-order valence-corrected chi connectivity index (χ1v) is 9.34. The van der Waals surface area contributed by atoms with Crippen LogP contribution in [0, 0.1) is 17.7 Å². The van der Waals surface area contributed by atoms with Crippen LogP contribution in [0.4, 0.5) is 9.52 Å². The molecule has 2 rings (SSSR count). The van der Waals surface area contributed by atoms with Gasteiger partial charge in [0.05, 0.1) is 0 Å². The highest BCUT2D eigenvalue weighted by atomic mass is 32.1. The minimum absolute atomic E-state index is 0.0257. The van der Waals surface area contributed by atoms with Gasteiger partial charge in [-0.3, -0.25) is 14.9 Å². The summed E-state index contributed by atoms with van der Waals surface area (Å²) in [6, 6.07) is 5.25. The molecule has 0 aliphatic carbocycles. The average Bonchev–Trinajstić information content (AvgIpc) is 3.07. The minimum atomic E-state index is -0.645. The zero-order valence-electron chi connectivity index (χ0n) is 15.2. The van der Waals surface area contributed by atoms with E-state index in [9.17, 15) is 14.0 Å². The van der Waals surface area contributed by atoms with Gasteiger partial charge in [-0.05, 0) is 30.2 Å². The Kier molecular flexibility index (Phi) is 6.79. The van der Waals surface area contributed by atoms with Crippen LogP contribution in [0.15, 0.2) is 24.3 Å². The predicted molar refractivity (Wildman–Crippen MR) is 100 cm³/mol. The number of nitrogens with one attached hydrogen (secondary N) is 2. The summed E-state index contributed by atoms with van der Waals surface area (Å²) in [6.07, 6.45) is 0.743. The summed E-state index contributed by atoms with van der Waals surface area (Å²) in [5.74, 6) is -1.06. The first-order chi connectivity index (χ1) is 12.3. The molecule has 2 aromatic rings. The standard InChI is InChI=1S/C18H23FN4O2S/c1-5-11(4)14(20-15(24)10(2)3)16(25)21-18-23-22-17(26-18)12-6-8-13(19)9-7-12/h6-11,14H,5H2,1-4H3,(H,20,24)(H,21,23,25)/t11-,14+/m1/s1. The van der Waals surface area contributed by atoms with Crippen molar-refractivity contribution >= 4 is 28.3 Å². The van der Waals surface area contributed by atoms with E-state index in [2.05, 4.69) is 20.8 Å². The molecule has 2 atom stereocenters. The SMILES string of the molecule is CC[C@@H](C)[C@H](NC(=O)C(C)C)C(=O)Nc1nnc(-c2ccc(F)cc2)s1. The fraction of sp³-hybridized carbons (Fsp3) is 0.444. The van der Waals surface area contributed by atoms with Gasteiger partial charge in [-0.1, -0.05) is 45.5 Å². The van der Waals surface area contributed by atoms with Crippen LogP contribution in [0.1, 0.15) is 34.1 Å². The maximum absolute atomic E-state index is 13.0. The number of halogens is 1. The van der Waals surface area contributed by atoms with Crippen molar-refractivity contribution in [3.63, 3.8) is 0 Å². The highest BCUT2D eigenvalue weighted by molar-refractivity contribution is 7.18. The van der Waals surface area contributed by atoms with E-state index in [4.69, 9.17) is 0 Å².